The lowest BCUT2D eigenvalue weighted by Gasteiger charge is -2.22. The molecule has 7 nitrogen and oxygen atoms in total. The molecule has 0 saturated carbocycles. The fourth-order valence-corrected chi connectivity index (χ4v) is 3.85. The molecule has 0 fully saturated rings. The number of anilines is 1. The maximum absolute atomic E-state index is 12.4. The van der Waals surface area contributed by atoms with Gasteiger partial charge in [-0.05, 0) is 47.7 Å². The topological polar surface area (TPSA) is 84.9 Å². The van der Waals surface area contributed by atoms with Crippen molar-refractivity contribution in [3.8, 4) is 11.5 Å². The number of sulfonamides is 1. The van der Waals surface area contributed by atoms with Gasteiger partial charge < -0.3 is 14.8 Å². The highest BCUT2D eigenvalue weighted by atomic mass is 32.2. The summed E-state index contributed by atoms with van der Waals surface area (Å²) in [6.45, 7) is 4.23. The molecule has 2 aromatic rings. The van der Waals surface area contributed by atoms with Crippen LogP contribution in [0.2, 0.25) is 0 Å². The fourth-order valence-electron chi connectivity index (χ4n) is 2.99. The Labute approximate surface area is 179 Å². The van der Waals surface area contributed by atoms with Crippen LogP contribution in [0.15, 0.2) is 42.5 Å². The number of carbonyl (C=O) groups excluding carboxylic acids is 1. The minimum Gasteiger partial charge on any atom is -0.493 e. The van der Waals surface area contributed by atoms with E-state index in [1.807, 2.05) is 30.3 Å². The van der Waals surface area contributed by atoms with E-state index in [0.29, 0.717) is 36.1 Å². The average Bonchev–Trinajstić information content (AvgIpc) is 2.71. The van der Waals surface area contributed by atoms with E-state index in [2.05, 4.69) is 19.2 Å². The first-order valence-corrected chi connectivity index (χ1v) is 11.6. The van der Waals surface area contributed by atoms with E-state index in [-0.39, 0.29) is 12.5 Å². The lowest BCUT2D eigenvalue weighted by Crippen LogP contribution is -2.40. The molecule has 0 radical (unpaired) electrons. The van der Waals surface area contributed by atoms with Gasteiger partial charge in [0.1, 0.15) is 6.54 Å². The number of nitrogens with zero attached hydrogens (tertiary/aromatic N) is 1. The van der Waals surface area contributed by atoms with Crippen molar-refractivity contribution in [3.63, 3.8) is 0 Å². The highest BCUT2D eigenvalue weighted by Gasteiger charge is 2.20. The number of hydrogen-bond donors (Lipinski definition) is 1. The van der Waals surface area contributed by atoms with Crippen LogP contribution in [0.3, 0.4) is 0 Å². The van der Waals surface area contributed by atoms with E-state index in [9.17, 15) is 13.2 Å². The molecule has 1 amide bonds. The maximum Gasteiger partial charge on any atom is 0.240 e. The van der Waals surface area contributed by atoms with Gasteiger partial charge in [-0.3, -0.25) is 9.10 Å². The average molecular weight is 435 g/mol. The van der Waals surface area contributed by atoms with E-state index in [1.54, 1.807) is 26.4 Å². The summed E-state index contributed by atoms with van der Waals surface area (Å²) in [5.74, 6) is 1.23. The molecular formula is C22H30N2O5S. The number of carbonyl (C=O) groups is 1. The molecule has 0 aromatic heterocycles. The normalized spacial score (nSPS) is 11.3. The van der Waals surface area contributed by atoms with E-state index in [4.69, 9.17) is 9.47 Å². The first-order chi connectivity index (χ1) is 14.2. The third kappa shape index (κ3) is 6.38. The predicted molar refractivity (Wildman–Crippen MR) is 119 cm³/mol. The van der Waals surface area contributed by atoms with E-state index < -0.39 is 10.0 Å². The van der Waals surface area contributed by atoms with Crippen molar-refractivity contribution in [3.05, 3.63) is 53.6 Å². The zero-order valence-corrected chi connectivity index (χ0v) is 19.0. The molecule has 2 rings (SSSR count). The zero-order chi connectivity index (χ0) is 22.3. The van der Waals surface area contributed by atoms with Crippen molar-refractivity contribution in [2.75, 3.05) is 37.9 Å². The second-order valence-corrected chi connectivity index (χ2v) is 9.21. The molecule has 164 valence electrons. The number of rotatable bonds is 10. The summed E-state index contributed by atoms with van der Waals surface area (Å²) in [6.07, 6.45) is 1.67. The van der Waals surface area contributed by atoms with Crippen LogP contribution >= 0.6 is 0 Å². The van der Waals surface area contributed by atoms with Crippen LogP contribution in [0.1, 0.15) is 30.9 Å². The summed E-state index contributed by atoms with van der Waals surface area (Å²) < 4.78 is 36.1. The van der Waals surface area contributed by atoms with Crippen molar-refractivity contribution in [1.29, 1.82) is 0 Å². The van der Waals surface area contributed by atoms with Gasteiger partial charge in [-0.25, -0.2) is 8.42 Å². The molecule has 0 saturated heterocycles. The summed E-state index contributed by atoms with van der Waals surface area (Å²) in [5.41, 5.74) is 2.54. The molecule has 0 atom stereocenters. The second-order valence-electron chi connectivity index (χ2n) is 7.31. The Balaban J connectivity index is 2.00. The summed E-state index contributed by atoms with van der Waals surface area (Å²) >= 11 is 0. The quantitative estimate of drug-likeness (QED) is 0.621. The second kappa shape index (κ2) is 10.3. The van der Waals surface area contributed by atoms with Crippen molar-refractivity contribution >= 4 is 21.6 Å². The number of methoxy groups -OCH3 is 2. The lowest BCUT2D eigenvalue weighted by molar-refractivity contribution is -0.119. The van der Waals surface area contributed by atoms with Crippen molar-refractivity contribution in [1.82, 2.24) is 5.32 Å². The molecule has 0 bridgehead atoms. The van der Waals surface area contributed by atoms with Crippen LogP contribution in [-0.4, -0.2) is 47.9 Å². The third-order valence-electron chi connectivity index (χ3n) is 4.72. The molecule has 0 aliphatic heterocycles. The monoisotopic (exact) mass is 434 g/mol. The van der Waals surface area contributed by atoms with Gasteiger partial charge >= 0.3 is 0 Å². The standard InChI is InChI=1S/C22H30N2O5S/c1-16(2)18-7-9-19(10-8-18)24(30(5,26)27)15-22(25)23-13-12-17-6-11-20(28-3)21(14-17)29-4/h6-11,14,16H,12-13,15H2,1-5H3,(H,23,25). The first-order valence-electron chi connectivity index (χ1n) is 9.71. The number of hydrogen-bond acceptors (Lipinski definition) is 5. The first kappa shape index (κ1) is 23.5. The van der Waals surface area contributed by atoms with Gasteiger partial charge in [0.15, 0.2) is 11.5 Å². The van der Waals surface area contributed by atoms with Crippen LogP contribution in [-0.2, 0) is 21.2 Å². The molecule has 0 spiro atoms. The van der Waals surface area contributed by atoms with Gasteiger partial charge in [0.2, 0.25) is 15.9 Å². The molecule has 0 heterocycles. The van der Waals surface area contributed by atoms with Gasteiger partial charge in [-0.2, -0.15) is 0 Å². The van der Waals surface area contributed by atoms with Gasteiger partial charge in [0.25, 0.3) is 0 Å². The van der Waals surface area contributed by atoms with Crippen LogP contribution in [0, 0.1) is 0 Å². The van der Waals surface area contributed by atoms with Crippen molar-refractivity contribution in [2.45, 2.75) is 26.2 Å². The Hall–Kier alpha value is -2.74. The Morgan fingerprint density at radius 3 is 2.20 bits per heavy atom. The number of amides is 1. The summed E-state index contributed by atoms with van der Waals surface area (Å²) in [7, 11) is -0.461. The lowest BCUT2D eigenvalue weighted by atomic mass is 10.0. The van der Waals surface area contributed by atoms with Gasteiger partial charge in [-0.1, -0.05) is 32.0 Å². The largest absolute Gasteiger partial charge is 0.493 e. The Morgan fingerprint density at radius 1 is 1.03 bits per heavy atom. The van der Waals surface area contributed by atoms with E-state index >= 15 is 0 Å². The molecule has 8 heteroatoms. The minimum absolute atomic E-state index is 0.272. The Kier molecular flexibility index (Phi) is 8.11. The molecule has 1 N–H and O–H groups in total. The molecule has 0 aliphatic rings. The maximum atomic E-state index is 12.4. The van der Waals surface area contributed by atoms with Crippen molar-refractivity contribution < 1.29 is 22.7 Å². The van der Waals surface area contributed by atoms with Gasteiger partial charge in [0, 0.05) is 6.54 Å². The van der Waals surface area contributed by atoms with Crippen molar-refractivity contribution in [2.24, 2.45) is 0 Å². The third-order valence-corrected chi connectivity index (χ3v) is 5.86. The van der Waals surface area contributed by atoms with Crippen LogP contribution in [0.25, 0.3) is 0 Å². The highest BCUT2D eigenvalue weighted by molar-refractivity contribution is 7.92. The summed E-state index contributed by atoms with van der Waals surface area (Å²) in [5, 5.41) is 2.78. The molecule has 30 heavy (non-hydrogen) atoms. The Bertz CT molecular complexity index is 956. The molecular weight excluding hydrogens is 404 g/mol. The number of benzene rings is 2. The van der Waals surface area contributed by atoms with Crippen LogP contribution < -0.4 is 19.1 Å². The predicted octanol–water partition coefficient (Wildman–Crippen LogP) is 2.95. The fraction of sp³-hybridized carbons (Fsp3) is 0.409. The minimum atomic E-state index is -3.60. The molecule has 0 unspecified atom stereocenters. The summed E-state index contributed by atoms with van der Waals surface area (Å²) in [4.78, 5) is 12.4. The van der Waals surface area contributed by atoms with Crippen LogP contribution in [0.5, 0.6) is 11.5 Å². The van der Waals surface area contributed by atoms with Crippen LogP contribution in [0.4, 0.5) is 5.69 Å². The van der Waals surface area contributed by atoms with Gasteiger partial charge in [-0.15, -0.1) is 0 Å². The number of nitrogens with one attached hydrogen (secondary N) is 1. The highest BCUT2D eigenvalue weighted by Crippen LogP contribution is 2.27. The zero-order valence-electron chi connectivity index (χ0n) is 18.1. The molecule has 2 aromatic carbocycles. The summed E-state index contributed by atoms with van der Waals surface area (Å²) in [6, 6.07) is 12.8. The smallest absolute Gasteiger partial charge is 0.240 e. The number of ether oxygens (including phenoxy) is 2. The van der Waals surface area contributed by atoms with E-state index in [0.717, 1.165) is 21.7 Å². The molecule has 0 aliphatic carbocycles. The van der Waals surface area contributed by atoms with Gasteiger partial charge in [0.05, 0.1) is 26.2 Å². The Morgan fingerprint density at radius 2 is 1.67 bits per heavy atom. The SMILES string of the molecule is COc1ccc(CCNC(=O)CN(c2ccc(C(C)C)cc2)S(C)(=O)=O)cc1OC. The van der Waals surface area contributed by atoms with E-state index in [1.165, 1.54) is 0 Å².